The lowest BCUT2D eigenvalue weighted by Gasteiger charge is -2.26. The molecule has 1 amide bonds. The van der Waals surface area contributed by atoms with Crippen LogP contribution in [0.3, 0.4) is 0 Å². The third kappa shape index (κ3) is 3.05. The molecule has 1 aliphatic heterocycles. The van der Waals surface area contributed by atoms with Crippen LogP contribution in [0.4, 0.5) is 0 Å². The number of amides is 1. The van der Waals surface area contributed by atoms with Gasteiger partial charge in [-0.05, 0) is 23.3 Å². The predicted octanol–water partition coefficient (Wildman–Crippen LogP) is 4.83. The van der Waals surface area contributed by atoms with Crippen LogP contribution in [0.5, 0.6) is 5.75 Å². The molecule has 4 aromatic rings. The van der Waals surface area contributed by atoms with Gasteiger partial charge in [-0.1, -0.05) is 72.8 Å². The number of H-pyrrole nitrogens is 1. The van der Waals surface area contributed by atoms with Crippen LogP contribution in [-0.2, 0) is 6.54 Å². The molecule has 148 valence electrons. The van der Waals surface area contributed by atoms with Gasteiger partial charge in [-0.15, -0.1) is 0 Å². The first-order valence-electron chi connectivity index (χ1n) is 9.89. The van der Waals surface area contributed by atoms with Crippen LogP contribution in [0.2, 0.25) is 0 Å². The summed E-state index contributed by atoms with van der Waals surface area (Å²) in [5.41, 5.74) is 5.40. The van der Waals surface area contributed by atoms with Crippen molar-refractivity contribution in [3.63, 3.8) is 0 Å². The van der Waals surface area contributed by atoms with E-state index in [1.807, 2.05) is 89.8 Å². The molecule has 1 unspecified atom stereocenters. The molecule has 0 bridgehead atoms. The van der Waals surface area contributed by atoms with Crippen molar-refractivity contribution in [2.75, 3.05) is 7.11 Å². The van der Waals surface area contributed by atoms with Crippen LogP contribution >= 0.6 is 0 Å². The molecule has 1 aromatic heterocycles. The average molecular weight is 395 g/mol. The van der Waals surface area contributed by atoms with Gasteiger partial charge in [0, 0.05) is 17.7 Å². The summed E-state index contributed by atoms with van der Waals surface area (Å²) < 4.78 is 5.32. The Labute approximate surface area is 174 Å². The molecule has 1 N–H and O–H groups in total. The second kappa shape index (κ2) is 7.52. The molecule has 5 nitrogen and oxygen atoms in total. The normalized spacial score (nSPS) is 15.3. The van der Waals surface area contributed by atoms with E-state index in [0.29, 0.717) is 12.2 Å². The number of carbonyl (C=O) groups excluding carboxylic acids is 1. The Morgan fingerprint density at radius 2 is 1.60 bits per heavy atom. The molecule has 5 rings (SSSR count). The maximum atomic E-state index is 13.4. The molecule has 2 heterocycles. The molecule has 0 saturated heterocycles. The van der Waals surface area contributed by atoms with Crippen molar-refractivity contribution < 1.29 is 9.53 Å². The number of nitrogens with zero attached hydrogens (tertiary/aromatic N) is 2. The third-order valence-corrected chi connectivity index (χ3v) is 5.54. The lowest BCUT2D eigenvalue weighted by Crippen LogP contribution is -2.29. The zero-order chi connectivity index (χ0) is 20.5. The van der Waals surface area contributed by atoms with Crippen molar-refractivity contribution >= 4 is 5.91 Å². The van der Waals surface area contributed by atoms with E-state index >= 15 is 0 Å². The maximum Gasteiger partial charge on any atom is 0.273 e. The molecule has 30 heavy (non-hydrogen) atoms. The highest BCUT2D eigenvalue weighted by Gasteiger charge is 2.42. The first-order chi connectivity index (χ1) is 14.8. The highest BCUT2D eigenvalue weighted by Crippen LogP contribution is 2.43. The summed E-state index contributed by atoms with van der Waals surface area (Å²) in [6.45, 7) is 0.521. The standard InChI is InChI=1S/C25H21N3O2/c1-30-20-14-12-19(13-15-20)24-21-22(18-10-6-3-7-11-18)26-27-23(21)25(29)28(24)16-17-8-4-2-5-9-17/h2-15,24H,16H2,1H3,(H,26,27). The molecule has 1 aliphatic rings. The lowest BCUT2D eigenvalue weighted by atomic mass is 9.96. The SMILES string of the molecule is COc1ccc(C2c3c(-c4ccccc4)n[nH]c3C(=O)N2Cc2ccccc2)cc1. The van der Waals surface area contributed by atoms with E-state index in [-0.39, 0.29) is 11.9 Å². The second-order valence-electron chi connectivity index (χ2n) is 7.32. The Balaban J connectivity index is 1.64. The molecule has 0 aliphatic carbocycles. The van der Waals surface area contributed by atoms with E-state index in [1.54, 1.807) is 7.11 Å². The van der Waals surface area contributed by atoms with Gasteiger partial charge in [0.1, 0.15) is 11.4 Å². The highest BCUT2D eigenvalue weighted by atomic mass is 16.5. The second-order valence-corrected chi connectivity index (χ2v) is 7.32. The van der Waals surface area contributed by atoms with Crippen molar-refractivity contribution in [2.45, 2.75) is 12.6 Å². The van der Waals surface area contributed by atoms with E-state index < -0.39 is 0 Å². The van der Waals surface area contributed by atoms with E-state index in [1.165, 1.54) is 0 Å². The van der Waals surface area contributed by atoms with E-state index in [4.69, 9.17) is 4.74 Å². The monoisotopic (exact) mass is 395 g/mol. The van der Waals surface area contributed by atoms with Gasteiger partial charge < -0.3 is 9.64 Å². The lowest BCUT2D eigenvalue weighted by molar-refractivity contribution is 0.0730. The summed E-state index contributed by atoms with van der Waals surface area (Å²) in [5.74, 6) is 0.748. The van der Waals surface area contributed by atoms with Crippen molar-refractivity contribution in [2.24, 2.45) is 0 Å². The first-order valence-corrected chi connectivity index (χ1v) is 9.89. The van der Waals surface area contributed by atoms with Crippen molar-refractivity contribution in [3.8, 4) is 17.0 Å². The minimum absolute atomic E-state index is 0.0376. The minimum Gasteiger partial charge on any atom is -0.497 e. The van der Waals surface area contributed by atoms with Gasteiger partial charge in [0.05, 0.1) is 18.8 Å². The molecule has 1 atom stereocenters. The number of methoxy groups -OCH3 is 1. The van der Waals surface area contributed by atoms with E-state index in [9.17, 15) is 4.79 Å². The zero-order valence-corrected chi connectivity index (χ0v) is 16.6. The smallest absolute Gasteiger partial charge is 0.273 e. The number of rotatable bonds is 5. The Morgan fingerprint density at radius 1 is 0.933 bits per heavy atom. The number of fused-ring (bicyclic) bond motifs is 1. The van der Waals surface area contributed by atoms with Crippen LogP contribution in [0.1, 0.15) is 33.2 Å². The van der Waals surface area contributed by atoms with Gasteiger partial charge in [0.15, 0.2) is 0 Å². The summed E-state index contributed by atoms with van der Waals surface area (Å²) in [7, 11) is 1.65. The van der Waals surface area contributed by atoms with Gasteiger partial charge >= 0.3 is 0 Å². The minimum atomic E-state index is -0.229. The van der Waals surface area contributed by atoms with Gasteiger partial charge in [0.2, 0.25) is 0 Å². The number of hydrogen-bond donors (Lipinski definition) is 1. The molecule has 0 spiro atoms. The fourth-order valence-corrected chi connectivity index (χ4v) is 4.09. The van der Waals surface area contributed by atoms with Gasteiger partial charge in [0.25, 0.3) is 5.91 Å². The number of ether oxygens (including phenoxy) is 1. The number of aromatic nitrogens is 2. The van der Waals surface area contributed by atoms with E-state index in [0.717, 1.165) is 33.7 Å². The van der Waals surface area contributed by atoms with Crippen LogP contribution in [0.25, 0.3) is 11.3 Å². The quantitative estimate of drug-likeness (QED) is 0.526. The zero-order valence-electron chi connectivity index (χ0n) is 16.6. The molecule has 0 fully saturated rings. The number of nitrogens with one attached hydrogen (secondary N) is 1. The Bertz CT molecular complexity index is 1170. The topological polar surface area (TPSA) is 58.2 Å². The van der Waals surface area contributed by atoms with Gasteiger partial charge in [-0.3, -0.25) is 9.89 Å². The number of aromatic amines is 1. The summed E-state index contributed by atoms with van der Waals surface area (Å²) >= 11 is 0. The predicted molar refractivity (Wildman–Crippen MR) is 115 cm³/mol. The van der Waals surface area contributed by atoms with Gasteiger partial charge in [-0.2, -0.15) is 5.10 Å². The Hall–Kier alpha value is -3.86. The van der Waals surface area contributed by atoms with Crippen molar-refractivity contribution in [1.82, 2.24) is 15.1 Å². The molecule has 0 saturated carbocycles. The molecular weight excluding hydrogens is 374 g/mol. The Kier molecular flexibility index (Phi) is 4.56. The fraction of sp³-hybridized carbons (Fsp3) is 0.120. The summed E-state index contributed by atoms with van der Waals surface area (Å²) in [6, 6.07) is 27.7. The summed E-state index contributed by atoms with van der Waals surface area (Å²) in [6.07, 6.45) is 0. The highest BCUT2D eigenvalue weighted by molar-refractivity contribution is 6.00. The maximum absolute atomic E-state index is 13.4. The van der Waals surface area contributed by atoms with Crippen LogP contribution in [-0.4, -0.2) is 28.1 Å². The summed E-state index contributed by atoms with van der Waals surface area (Å²) in [4.78, 5) is 15.3. The number of carbonyl (C=O) groups is 1. The van der Waals surface area contributed by atoms with Crippen LogP contribution < -0.4 is 4.74 Å². The van der Waals surface area contributed by atoms with Crippen molar-refractivity contribution in [3.05, 3.63) is 107 Å². The largest absolute Gasteiger partial charge is 0.497 e. The Morgan fingerprint density at radius 3 is 2.27 bits per heavy atom. The van der Waals surface area contributed by atoms with Crippen LogP contribution in [0.15, 0.2) is 84.9 Å². The van der Waals surface area contributed by atoms with Crippen LogP contribution in [0, 0.1) is 0 Å². The van der Waals surface area contributed by atoms with E-state index in [2.05, 4.69) is 10.2 Å². The summed E-state index contributed by atoms with van der Waals surface area (Å²) in [5, 5.41) is 7.52. The number of benzene rings is 3. The average Bonchev–Trinajstić information content (AvgIpc) is 3.35. The molecular formula is C25H21N3O2. The third-order valence-electron chi connectivity index (χ3n) is 5.54. The number of hydrogen-bond acceptors (Lipinski definition) is 3. The van der Waals surface area contributed by atoms with Crippen molar-refractivity contribution in [1.29, 1.82) is 0 Å². The molecule has 0 radical (unpaired) electrons. The first kappa shape index (κ1) is 18.2. The fourth-order valence-electron chi connectivity index (χ4n) is 4.09. The molecule has 5 heteroatoms. The van der Waals surface area contributed by atoms with Gasteiger partial charge in [-0.25, -0.2) is 0 Å². The molecule has 3 aromatic carbocycles.